The maximum absolute atomic E-state index is 12.7. The minimum absolute atomic E-state index is 0.0767. The third-order valence-corrected chi connectivity index (χ3v) is 3.17. The SMILES string of the molecule is CCN(C)C(C)C(=O)Nc1ccc(N)c(C(F)(F)F)c1. The number of rotatable bonds is 4. The fraction of sp³-hybridized carbons (Fsp3) is 0.462. The zero-order chi connectivity index (χ0) is 15.5. The van der Waals surface area contributed by atoms with E-state index in [1.807, 2.05) is 6.92 Å². The lowest BCUT2D eigenvalue weighted by Gasteiger charge is -2.22. The summed E-state index contributed by atoms with van der Waals surface area (Å²) in [6.07, 6.45) is -4.54. The van der Waals surface area contributed by atoms with Crippen molar-refractivity contribution in [3.63, 3.8) is 0 Å². The van der Waals surface area contributed by atoms with Crippen LogP contribution in [0.1, 0.15) is 19.4 Å². The molecule has 0 fully saturated rings. The van der Waals surface area contributed by atoms with Gasteiger partial charge in [0.2, 0.25) is 5.91 Å². The van der Waals surface area contributed by atoms with Gasteiger partial charge in [0.1, 0.15) is 0 Å². The van der Waals surface area contributed by atoms with Crippen molar-refractivity contribution in [2.24, 2.45) is 0 Å². The van der Waals surface area contributed by atoms with E-state index < -0.39 is 17.8 Å². The van der Waals surface area contributed by atoms with Gasteiger partial charge in [0, 0.05) is 11.4 Å². The summed E-state index contributed by atoms with van der Waals surface area (Å²) < 4.78 is 38.1. The quantitative estimate of drug-likeness (QED) is 0.838. The zero-order valence-electron chi connectivity index (χ0n) is 11.6. The molecule has 1 amide bonds. The highest BCUT2D eigenvalue weighted by Gasteiger charge is 2.33. The Morgan fingerprint density at radius 3 is 2.55 bits per heavy atom. The number of carbonyl (C=O) groups excluding carboxylic acids is 1. The Kier molecular flexibility index (Phi) is 4.99. The van der Waals surface area contributed by atoms with Gasteiger partial charge in [0.05, 0.1) is 11.6 Å². The van der Waals surface area contributed by atoms with Crippen molar-refractivity contribution in [2.75, 3.05) is 24.6 Å². The first kappa shape index (κ1) is 16.3. The molecule has 0 aromatic heterocycles. The molecule has 0 spiro atoms. The van der Waals surface area contributed by atoms with Crippen LogP contribution in [-0.2, 0) is 11.0 Å². The van der Waals surface area contributed by atoms with Crippen molar-refractivity contribution in [1.29, 1.82) is 0 Å². The lowest BCUT2D eigenvalue weighted by molar-refractivity contribution is -0.137. The first-order valence-electron chi connectivity index (χ1n) is 6.14. The van der Waals surface area contributed by atoms with Gasteiger partial charge in [-0.3, -0.25) is 9.69 Å². The molecule has 0 saturated carbocycles. The van der Waals surface area contributed by atoms with E-state index in [9.17, 15) is 18.0 Å². The normalized spacial score (nSPS) is 13.3. The van der Waals surface area contributed by atoms with E-state index in [4.69, 9.17) is 5.73 Å². The second-order valence-corrected chi connectivity index (χ2v) is 4.54. The number of carbonyl (C=O) groups is 1. The van der Waals surface area contributed by atoms with Crippen molar-refractivity contribution in [3.05, 3.63) is 23.8 Å². The predicted molar refractivity (Wildman–Crippen MR) is 72.3 cm³/mol. The smallest absolute Gasteiger partial charge is 0.398 e. The average molecular weight is 289 g/mol. The fourth-order valence-electron chi connectivity index (χ4n) is 1.60. The Morgan fingerprint density at radius 1 is 1.45 bits per heavy atom. The Bertz CT molecular complexity index is 488. The van der Waals surface area contributed by atoms with Gasteiger partial charge in [-0.25, -0.2) is 0 Å². The highest BCUT2D eigenvalue weighted by molar-refractivity contribution is 5.94. The number of anilines is 2. The van der Waals surface area contributed by atoms with Crippen LogP contribution in [0.15, 0.2) is 18.2 Å². The summed E-state index contributed by atoms with van der Waals surface area (Å²) in [5.74, 6) is -0.368. The van der Waals surface area contributed by atoms with Crippen LogP contribution in [0.4, 0.5) is 24.5 Å². The number of nitrogens with zero attached hydrogens (tertiary/aromatic N) is 1. The molecule has 7 heteroatoms. The molecule has 0 aliphatic heterocycles. The molecule has 0 saturated heterocycles. The second kappa shape index (κ2) is 6.13. The highest BCUT2D eigenvalue weighted by atomic mass is 19.4. The third kappa shape index (κ3) is 3.86. The van der Waals surface area contributed by atoms with Crippen LogP contribution in [0.2, 0.25) is 0 Å². The Labute approximate surface area is 115 Å². The predicted octanol–water partition coefficient (Wildman–Crippen LogP) is 2.57. The molecule has 0 radical (unpaired) electrons. The van der Waals surface area contributed by atoms with E-state index in [-0.39, 0.29) is 17.3 Å². The summed E-state index contributed by atoms with van der Waals surface area (Å²) in [5, 5.41) is 2.46. The van der Waals surface area contributed by atoms with Gasteiger partial charge in [-0.1, -0.05) is 6.92 Å². The van der Waals surface area contributed by atoms with E-state index in [0.717, 1.165) is 12.1 Å². The number of halogens is 3. The van der Waals surface area contributed by atoms with Gasteiger partial charge in [-0.15, -0.1) is 0 Å². The van der Waals surface area contributed by atoms with E-state index >= 15 is 0 Å². The molecule has 0 aliphatic rings. The summed E-state index contributed by atoms with van der Waals surface area (Å²) in [5.41, 5.74) is 4.05. The van der Waals surface area contributed by atoms with Crippen LogP contribution in [-0.4, -0.2) is 30.4 Å². The number of nitrogens with two attached hydrogens (primary N) is 1. The number of benzene rings is 1. The van der Waals surface area contributed by atoms with Crippen molar-refractivity contribution in [2.45, 2.75) is 26.1 Å². The Balaban J connectivity index is 2.92. The Morgan fingerprint density at radius 2 is 2.05 bits per heavy atom. The summed E-state index contributed by atoms with van der Waals surface area (Å²) in [7, 11) is 1.76. The second-order valence-electron chi connectivity index (χ2n) is 4.54. The summed E-state index contributed by atoms with van der Waals surface area (Å²) in [6, 6.07) is 2.88. The Hall–Kier alpha value is -1.76. The van der Waals surface area contributed by atoms with Crippen LogP contribution < -0.4 is 11.1 Å². The molecular formula is C13H18F3N3O. The van der Waals surface area contributed by atoms with Crippen LogP contribution in [0.5, 0.6) is 0 Å². The maximum atomic E-state index is 12.7. The minimum Gasteiger partial charge on any atom is -0.398 e. The number of nitrogens with one attached hydrogen (secondary N) is 1. The van der Waals surface area contributed by atoms with E-state index in [2.05, 4.69) is 5.32 Å². The number of alkyl halides is 3. The highest BCUT2D eigenvalue weighted by Crippen LogP contribution is 2.35. The summed E-state index contributed by atoms with van der Waals surface area (Å²) in [6.45, 7) is 4.22. The lowest BCUT2D eigenvalue weighted by Crippen LogP contribution is -2.39. The topological polar surface area (TPSA) is 58.4 Å². The van der Waals surface area contributed by atoms with Gasteiger partial charge < -0.3 is 11.1 Å². The van der Waals surface area contributed by atoms with Crippen LogP contribution in [0.25, 0.3) is 0 Å². The molecule has 0 aliphatic carbocycles. The monoisotopic (exact) mass is 289 g/mol. The number of nitrogen functional groups attached to an aromatic ring is 1. The van der Waals surface area contributed by atoms with E-state index in [1.54, 1.807) is 18.9 Å². The van der Waals surface area contributed by atoms with Crippen molar-refractivity contribution in [1.82, 2.24) is 4.90 Å². The summed E-state index contributed by atoms with van der Waals surface area (Å²) in [4.78, 5) is 13.7. The number of hydrogen-bond acceptors (Lipinski definition) is 3. The van der Waals surface area contributed by atoms with E-state index in [0.29, 0.717) is 6.54 Å². The minimum atomic E-state index is -4.54. The zero-order valence-corrected chi connectivity index (χ0v) is 11.6. The molecule has 0 heterocycles. The first-order valence-corrected chi connectivity index (χ1v) is 6.14. The molecule has 1 aromatic rings. The third-order valence-electron chi connectivity index (χ3n) is 3.17. The largest absolute Gasteiger partial charge is 0.418 e. The standard InChI is InChI=1S/C13H18F3N3O/c1-4-19(3)8(2)12(20)18-9-5-6-11(17)10(7-9)13(14,15)16/h5-8H,4,17H2,1-3H3,(H,18,20). The summed E-state index contributed by atoms with van der Waals surface area (Å²) >= 11 is 0. The van der Waals surface area contributed by atoms with Crippen LogP contribution >= 0.6 is 0 Å². The fourth-order valence-corrected chi connectivity index (χ4v) is 1.60. The molecule has 1 unspecified atom stereocenters. The van der Waals surface area contributed by atoms with Crippen molar-refractivity contribution >= 4 is 17.3 Å². The van der Waals surface area contributed by atoms with Crippen molar-refractivity contribution < 1.29 is 18.0 Å². The lowest BCUT2D eigenvalue weighted by atomic mass is 10.1. The molecule has 1 atom stereocenters. The van der Waals surface area contributed by atoms with E-state index in [1.165, 1.54) is 6.07 Å². The molecule has 4 nitrogen and oxygen atoms in total. The van der Waals surface area contributed by atoms with Gasteiger partial charge >= 0.3 is 6.18 Å². The van der Waals surface area contributed by atoms with Gasteiger partial charge in [-0.2, -0.15) is 13.2 Å². The molecule has 0 bridgehead atoms. The molecule has 1 rings (SSSR count). The van der Waals surface area contributed by atoms with Gasteiger partial charge in [-0.05, 0) is 38.7 Å². The average Bonchev–Trinajstić information content (AvgIpc) is 2.37. The molecular weight excluding hydrogens is 271 g/mol. The number of likely N-dealkylation sites (N-methyl/N-ethyl adjacent to an activating group) is 1. The first-order chi connectivity index (χ1) is 9.16. The van der Waals surface area contributed by atoms with Crippen LogP contribution in [0.3, 0.4) is 0 Å². The molecule has 112 valence electrons. The molecule has 20 heavy (non-hydrogen) atoms. The van der Waals surface area contributed by atoms with Gasteiger partial charge in [0.25, 0.3) is 0 Å². The molecule has 1 aromatic carbocycles. The van der Waals surface area contributed by atoms with Crippen LogP contribution in [0, 0.1) is 0 Å². The molecule has 3 N–H and O–H groups in total. The van der Waals surface area contributed by atoms with Crippen molar-refractivity contribution in [3.8, 4) is 0 Å². The number of hydrogen-bond donors (Lipinski definition) is 2. The van der Waals surface area contributed by atoms with Gasteiger partial charge in [0.15, 0.2) is 0 Å². The maximum Gasteiger partial charge on any atom is 0.418 e. The number of amides is 1.